The minimum absolute atomic E-state index is 0.495. The summed E-state index contributed by atoms with van der Waals surface area (Å²) in [6, 6.07) is 6.94. The lowest BCUT2D eigenvalue weighted by Crippen LogP contribution is -2.11. The van der Waals surface area contributed by atoms with E-state index in [4.69, 9.17) is 4.42 Å². The van der Waals surface area contributed by atoms with E-state index in [0.29, 0.717) is 23.4 Å². The van der Waals surface area contributed by atoms with Crippen molar-refractivity contribution in [1.29, 1.82) is 0 Å². The maximum atomic E-state index is 12.7. The van der Waals surface area contributed by atoms with Crippen molar-refractivity contribution in [3.05, 3.63) is 47.9 Å². The summed E-state index contributed by atoms with van der Waals surface area (Å²) in [6.07, 6.45) is -2.84. The number of nitrogens with one attached hydrogen (secondary N) is 1. The Bertz CT molecular complexity index is 546. The van der Waals surface area contributed by atoms with Crippen LogP contribution in [-0.2, 0) is 12.7 Å². The molecular weight excluding hydrogens is 255 g/mol. The van der Waals surface area contributed by atoms with Gasteiger partial charge in [-0.3, -0.25) is 0 Å². The maximum absolute atomic E-state index is 12.7. The molecule has 0 spiro atoms. The fourth-order valence-corrected chi connectivity index (χ4v) is 1.84. The first kappa shape index (κ1) is 13.7. The quantitative estimate of drug-likeness (QED) is 0.904. The summed E-state index contributed by atoms with van der Waals surface area (Å²) in [7, 11) is 0. The fraction of sp³-hybridized carbons (Fsp3) is 0.286. The number of benzene rings is 1. The Labute approximate surface area is 109 Å². The Morgan fingerprint density at radius 3 is 2.68 bits per heavy atom. The topological polar surface area (TPSA) is 25.2 Å². The summed E-state index contributed by atoms with van der Waals surface area (Å²) in [5, 5.41) is 3.09. The average molecular weight is 269 g/mol. The van der Waals surface area contributed by atoms with Crippen LogP contribution in [0.25, 0.3) is 11.1 Å². The second-order valence-corrected chi connectivity index (χ2v) is 4.12. The molecule has 2 nitrogen and oxygen atoms in total. The van der Waals surface area contributed by atoms with E-state index in [1.807, 2.05) is 6.92 Å². The van der Waals surface area contributed by atoms with Gasteiger partial charge in [-0.25, -0.2) is 0 Å². The second-order valence-electron chi connectivity index (χ2n) is 4.12. The van der Waals surface area contributed by atoms with Gasteiger partial charge in [0.25, 0.3) is 0 Å². The first-order valence-corrected chi connectivity index (χ1v) is 5.97. The van der Waals surface area contributed by atoms with Crippen LogP contribution in [0.1, 0.15) is 18.2 Å². The van der Waals surface area contributed by atoms with Crippen LogP contribution in [0, 0.1) is 0 Å². The van der Waals surface area contributed by atoms with Gasteiger partial charge in [-0.1, -0.05) is 19.1 Å². The van der Waals surface area contributed by atoms with Crippen molar-refractivity contribution < 1.29 is 17.6 Å². The molecule has 0 bridgehead atoms. The van der Waals surface area contributed by atoms with Crippen LogP contribution < -0.4 is 5.32 Å². The van der Waals surface area contributed by atoms with Gasteiger partial charge in [0, 0.05) is 5.56 Å². The molecule has 0 fully saturated rings. The van der Waals surface area contributed by atoms with Crippen LogP contribution in [0.4, 0.5) is 13.2 Å². The molecule has 0 unspecified atom stereocenters. The van der Waals surface area contributed by atoms with E-state index in [9.17, 15) is 13.2 Å². The van der Waals surface area contributed by atoms with E-state index in [1.165, 1.54) is 12.3 Å². The maximum Gasteiger partial charge on any atom is 0.416 e. The molecule has 0 amide bonds. The van der Waals surface area contributed by atoms with Crippen LogP contribution in [0.2, 0.25) is 0 Å². The van der Waals surface area contributed by atoms with E-state index in [2.05, 4.69) is 5.32 Å². The molecule has 1 N–H and O–H groups in total. The molecule has 1 aromatic heterocycles. The Balaban J connectivity index is 2.34. The third kappa shape index (κ3) is 3.17. The number of hydrogen-bond acceptors (Lipinski definition) is 2. The Kier molecular flexibility index (Phi) is 3.95. The molecular formula is C14H14F3NO. The summed E-state index contributed by atoms with van der Waals surface area (Å²) in [5.74, 6) is 0.640. The van der Waals surface area contributed by atoms with Gasteiger partial charge in [0.1, 0.15) is 5.76 Å². The van der Waals surface area contributed by atoms with Crippen LogP contribution in [0.3, 0.4) is 0 Å². The molecule has 0 saturated carbocycles. The number of halogens is 3. The zero-order valence-corrected chi connectivity index (χ0v) is 10.4. The monoisotopic (exact) mass is 269 g/mol. The van der Waals surface area contributed by atoms with E-state index in [0.717, 1.165) is 18.7 Å². The standard InChI is InChI=1S/C14H14F3NO/c1-2-18-9-13-12(6-7-19-13)10-4-3-5-11(8-10)14(15,16)17/h3-8,18H,2,9H2,1H3. The van der Waals surface area contributed by atoms with Crippen LogP contribution >= 0.6 is 0 Å². The molecule has 0 aliphatic carbocycles. The molecule has 0 aliphatic heterocycles. The van der Waals surface area contributed by atoms with Crippen molar-refractivity contribution in [2.24, 2.45) is 0 Å². The zero-order chi connectivity index (χ0) is 13.9. The van der Waals surface area contributed by atoms with E-state index >= 15 is 0 Å². The van der Waals surface area contributed by atoms with Gasteiger partial charge in [-0.05, 0) is 30.3 Å². The molecule has 0 radical (unpaired) electrons. The molecule has 0 saturated heterocycles. The molecule has 0 aliphatic rings. The largest absolute Gasteiger partial charge is 0.467 e. The van der Waals surface area contributed by atoms with Gasteiger partial charge in [-0.15, -0.1) is 0 Å². The Hall–Kier alpha value is -1.75. The lowest BCUT2D eigenvalue weighted by atomic mass is 10.0. The predicted octanol–water partition coefficient (Wildman–Crippen LogP) is 4.07. The highest BCUT2D eigenvalue weighted by Crippen LogP contribution is 2.33. The Morgan fingerprint density at radius 2 is 2.00 bits per heavy atom. The van der Waals surface area contributed by atoms with E-state index in [1.54, 1.807) is 12.1 Å². The summed E-state index contributed by atoms with van der Waals surface area (Å²) in [5.41, 5.74) is 0.545. The van der Waals surface area contributed by atoms with Crippen LogP contribution in [0.5, 0.6) is 0 Å². The minimum Gasteiger partial charge on any atom is -0.467 e. The molecule has 5 heteroatoms. The number of rotatable bonds is 4. The van der Waals surface area contributed by atoms with Crippen molar-refractivity contribution in [3.8, 4) is 11.1 Å². The van der Waals surface area contributed by atoms with Crippen molar-refractivity contribution in [3.63, 3.8) is 0 Å². The molecule has 1 aromatic carbocycles. The summed E-state index contributed by atoms with van der Waals surface area (Å²) < 4.78 is 43.3. The first-order chi connectivity index (χ1) is 9.02. The fourth-order valence-electron chi connectivity index (χ4n) is 1.84. The average Bonchev–Trinajstić information content (AvgIpc) is 2.83. The molecule has 102 valence electrons. The van der Waals surface area contributed by atoms with Gasteiger partial charge in [-0.2, -0.15) is 13.2 Å². The van der Waals surface area contributed by atoms with Crippen LogP contribution in [-0.4, -0.2) is 6.54 Å². The van der Waals surface area contributed by atoms with E-state index in [-0.39, 0.29) is 0 Å². The SMILES string of the molecule is CCNCc1occc1-c1cccc(C(F)(F)F)c1. The van der Waals surface area contributed by atoms with Gasteiger partial charge in [0.2, 0.25) is 0 Å². The number of alkyl halides is 3. The van der Waals surface area contributed by atoms with Crippen LogP contribution in [0.15, 0.2) is 41.0 Å². The molecule has 2 aromatic rings. The smallest absolute Gasteiger partial charge is 0.416 e. The highest BCUT2D eigenvalue weighted by Gasteiger charge is 2.30. The second kappa shape index (κ2) is 5.48. The molecule has 1 heterocycles. The zero-order valence-electron chi connectivity index (χ0n) is 10.4. The lowest BCUT2D eigenvalue weighted by molar-refractivity contribution is -0.137. The predicted molar refractivity (Wildman–Crippen MR) is 66.5 cm³/mol. The molecule has 19 heavy (non-hydrogen) atoms. The number of furan rings is 1. The lowest BCUT2D eigenvalue weighted by Gasteiger charge is -2.09. The first-order valence-electron chi connectivity index (χ1n) is 5.97. The van der Waals surface area contributed by atoms with Gasteiger partial charge >= 0.3 is 6.18 Å². The summed E-state index contributed by atoms with van der Waals surface area (Å²) in [6.45, 7) is 3.21. The molecule has 2 rings (SSSR count). The van der Waals surface area contributed by atoms with Crippen molar-refractivity contribution >= 4 is 0 Å². The van der Waals surface area contributed by atoms with Crippen molar-refractivity contribution in [1.82, 2.24) is 5.32 Å². The normalized spacial score (nSPS) is 11.8. The van der Waals surface area contributed by atoms with E-state index < -0.39 is 11.7 Å². The Morgan fingerprint density at radius 1 is 1.21 bits per heavy atom. The number of hydrogen-bond donors (Lipinski definition) is 1. The molecule has 0 atom stereocenters. The summed E-state index contributed by atoms with van der Waals surface area (Å²) in [4.78, 5) is 0. The summed E-state index contributed by atoms with van der Waals surface area (Å²) >= 11 is 0. The van der Waals surface area contributed by atoms with Crippen molar-refractivity contribution in [2.45, 2.75) is 19.6 Å². The van der Waals surface area contributed by atoms with Crippen molar-refractivity contribution in [2.75, 3.05) is 6.54 Å². The minimum atomic E-state index is -4.33. The third-order valence-electron chi connectivity index (χ3n) is 2.78. The van der Waals surface area contributed by atoms with Gasteiger partial charge < -0.3 is 9.73 Å². The highest BCUT2D eigenvalue weighted by molar-refractivity contribution is 5.66. The van der Waals surface area contributed by atoms with Gasteiger partial charge in [0.05, 0.1) is 18.4 Å². The highest BCUT2D eigenvalue weighted by atomic mass is 19.4. The third-order valence-corrected chi connectivity index (χ3v) is 2.78. The van der Waals surface area contributed by atoms with Gasteiger partial charge in [0.15, 0.2) is 0 Å².